The highest BCUT2D eigenvalue weighted by Gasteiger charge is 2.22. The number of carboxylic acid groups (broad SMARTS) is 1. The van der Waals surface area contributed by atoms with E-state index in [0.717, 1.165) is 11.6 Å². The fourth-order valence-electron chi connectivity index (χ4n) is 1.78. The summed E-state index contributed by atoms with van der Waals surface area (Å²) in [6.45, 7) is 0.119. The first-order valence-corrected chi connectivity index (χ1v) is 6.22. The van der Waals surface area contributed by atoms with Crippen LogP contribution in [0, 0.1) is 10.1 Å². The number of benzene rings is 2. The highest BCUT2D eigenvalue weighted by Crippen LogP contribution is 2.29. The van der Waals surface area contributed by atoms with Crippen molar-refractivity contribution in [3.05, 3.63) is 69.8 Å². The van der Waals surface area contributed by atoms with Crippen LogP contribution in [0.1, 0.15) is 15.9 Å². The van der Waals surface area contributed by atoms with E-state index >= 15 is 0 Å². The van der Waals surface area contributed by atoms with Crippen LogP contribution in [0.2, 0.25) is 0 Å². The van der Waals surface area contributed by atoms with Crippen molar-refractivity contribution in [3.63, 3.8) is 0 Å². The molecule has 2 aromatic rings. The Morgan fingerprint density at radius 2 is 1.82 bits per heavy atom. The van der Waals surface area contributed by atoms with E-state index in [-0.39, 0.29) is 17.9 Å². The van der Waals surface area contributed by atoms with Gasteiger partial charge in [0.1, 0.15) is 6.61 Å². The maximum absolute atomic E-state index is 11.3. The molecule has 1 N–H and O–H groups in total. The van der Waals surface area contributed by atoms with Gasteiger partial charge in [-0.15, -0.1) is 0 Å². The molecule has 0 aliphatic carbocycles. The Balaban J connectivity index is 2.26. The van der Waals surface area contributed by atoms with Gasteiger partial charge in [0, 0.05) is 11.6 Å². The molecule has 0 saturated heterocycles. The van der Waals surface area contributed by atoms with E-state index in [1.54, 1.807) is 12.1 Å². The second-order valence-corrected chi connectivity index (χ2v) is 4.35. The number of ether oxygens (including phenoxy) is 1. The highest BCUT2D eigenvalue weighted by atomic mass is 16.6. The molecule has 0 saturated carbocycles. The van der Waals surface area contributed by atoms with Crippen molar-refractivity contribution in [1.29, 1.82) is 0 Å². The summed E-state index contributed by atoms with van der Waals surface area (Å²) in [6, 6.07) is 12.3. The number of nitro benzene ring substituents is 1. The summed E-state index contributed by atoms with van der Waals surface area (Å²) in [5, 5.41) is 19.7. The Bertz CT molecular complexity index is 726. The van der Waals surface area contributed by atoms with Gasteiger partial charge in [-0.1, -0.05) is 30.3 Å². The number of rotatable bonds is 6. The molecule has 0 aromatic heterocycles. The monoisotopic (exact) mass is 301 g/mol. The Hall–Kier alpha value is -3.22. The Morgan fingerprint density at radius 1 is 1.14 bits per heavy atom. The van der Waals surface area contributed by atoms with Crippen molar-refractivity contribution in [3.8, 4) is 5.75 Å². The number of carboxylic acids is 1. The summed E-state index contributed by atoms with van der Waals surface area (Å²) in [6.07, 6.45) is 0. The number of nitrogens with zero attached hydrogens (tertiary/aromatic N) is 1. The topological polar surface area (TPSA) is 107 Å². The molecule has 112 valence electrons. The zero-order valence-corrected chi connectivity index (χ0v) is 11.3. The van der Waals surface area contributed by atoms with E-state index in [9.17, 15) is 19.7 Å². The minimum atomic E-state index is -1.67. The lowest BCUT2D eigenvalue weighted by atomic mass is 10.1. The van der Waals surface area contributed by atoms with Crippen LogP contribution in [0.4, 0.5) is 5.69 Å². The molecule has 0 heterocycles. The third kappa shape index (κ3) is 3.45. The van der Waals surface area contributed by atoms with Crippen molar-refractivity contribution in [2.75, 3.05) is 0 Å². The van der Waals surface area contributed by atoms with Crippen molar-refractivity contribution >= 4 is 17.4 Å². The van der Waals surface area contributed by atoms with Gasteiger partial charge < -0.3 is 9.84 Å². The summed E-state index contributed by atoms with van der Waals surface area (Å²) < 4.78 is 5.38. The molecule has 7 nitrogen and oxygen atoms in total. The minimum Gasteiger partial charge on any atom is -0.482 e. The fraction of sp³-hybridized carbons (Fsp3) is 0.0667. The number of carbonyl (C=O) groups excluding carboxylic acids is 1. The van der Waals surface area contributed by atoms with Crippen LogP contribution >= 0.6 is 0 Å². The van der Waals surface area contributed by atoms with Gasteiger partial charge in [0.05, 0.1) is 4.92 Å². The molecule has 0 atom stereocenters. The average molecular weight is 301 g/mol. The number of ketones is 1. The lowest BCUT2D eigenvalue weighted by Crippen LogP contribution is -2.13. The summed E-state index contributed by atoms with van der Waals surface area (Å²) in [5.41, 5.74) is 0.0942. The van der Waals surface area contributed by atoms with Gasteiger partial charge in [0.15, 0.2) is 5.75 Å². The summed E-state index contributed by atoms with van der Waals surface area (Å²) in [5.74, 6) is -2.92. The number of carbonyl (C=O) groups is 2. The SMILES string of the molecule is O=C(O)C(=O)c1ccc(OCc2ccccc2)c([N+](=O)[O-])c1. The Labute approximate surface area is 124 Å². The minimum absolute atomic E-state index is 0.0317. The van der Waals surface area contributed by atoms with Crippen LogP contribution in [0.15, 0.2) is 48.5 Å². The highest BCUT2D eigenvalue weighted by molar-refractivity contribution is 6.39. The zero-order chi connectivity index (χ0) is 16.1. The standard InChI is InChI=1S/C15H11NO6/c17-14(15(18)19)11-6-7-13(12(8-11)16(20)21)22-9-10-4-2-1-3-5-10/h1-8H,9H2,(H,18,19). The van der Waals surface area contributed by atoms with Gasteiger partial charge in [-0.2, -0.15) is 0 Å². The molecule has 22 heavy (non-hydrogen) atoms. The molecule has 0 unspecified atom stereocenters. The van der Waals surface area contributed by atoms with Crippen LogP contribution in [-0.4, -0.2) is 21.8 Å². The molecule has 0 bridgehead atoms. The van der Waals surface area contributed by atoms with Crippen molar-refractivity contribution in [2.24, 2.45) is 0 Å². The third-order valence-electron chi connectivity index (χ3n) is 2.85. The Kier molecular flexibility index (Phi) is 4.47. The van der Waals surface area contributed by atoms with Crippen LogP contribution in [-0.2, 0) is 11.4 Å². The van der Waals surface area contributed by atoms with Gasteiger partial charge in [-0.05, 0) is 17.7 Å². The molecule has 0 radical (unpaired) electrons. The zero-order valence-electron chi connectivity index (χ0n) is 11.3. The summed E-state index contributed by atoms with van der Waals surface area (Å²) in [7, 11) is 0. The number of hydrogen-bond acceptors (Lipinski definition) is 5. The van der Waals surface area contributed by atoms with E-state index in [2.05, 4.69) is 0 Å². The second kappa shape index (κ2) is 6.49. The van der Waals surface area contributed by atoms with E-state index < -0.39 is 22.4 Å². The van der Waals surface area contributed by atoms with Gasteiger partial charge in [-0.25, -0.2) is 4.79 Å². The van der Waals surface area contributed by atoms with Crippen molar-refractivity contribution in [2.45, 2.75) is 6.61 Å². The normalized spacial score (nSPS) is 10.0. The van der Waals surface area contributed by atoms with Gasteiger partial charge in [-0.3, -0.25) is 14.9 Å². The molecule has 0 aliphatic rings. The maximum Gasteiger partial charge on any atom is 0.377 e. The molecule has 0 fully saturated rings. The smallest absolute Gasteiger partial charge is 0.377 e. The molecule has 2 rings (SSSR count). The van der Waals surface area contributed by atoms with Crippen LogP contribution in [0.3, 0.4) is 0 Å². The predicted octanol–water partition coefficient (Wildman–Crippen LogP) is 2.44. The molecule has 2 aromatic carbocycles. The molecule has 0 spiro atoms. The van der Waals surface area contributed by atoms with Crippen molar-refractivity contribution < 1.29 is 24.4 Å². The number of nitro groups is 1. The second-order valence-electron chi connectivity index (χ2n) is 4.35. The first kappa shape index (κ1) is 15.2. The van der Waals surface area contributed by atoms with E-state index in [1.165, 1.54) is 12.1 Å². The van der Waals surface area contributed by atoms with Crippen LogP contribution < -0.4 is 4.74 Å². The molecule has 0 aliphatic heterocycles. The first-order chi connectivity index (χ1) is 10.5. The molecular formula is C15H11NO6. The van der Waals surface area contributed by atoms with E-state index in [1.807, 2.05) is 18.2 Å². The fourth-order valence-corrected chi connectivity index (χ4v) is 1.78. The molecule has 7 heteroatoms. The maximum atomic E-state index is 11.3. The Morgan fingerprint density at radius 3 is 2.41 bits per heavy atom. The van der Waals surface area contributed by atoms with Gasteiger partial charge in [0.25, 0.3) is 5.78 Å². The quantitative estimate of drug-likeness (QED) is 0.380. The number of aliphatic carboxylic acids is 1. The van der Waals surface area contributed by atoms with Gasteiger partial charge >= 0.3 is 11.7 Å². The third-order valence-corrected chi connectivity index (χ3v) is 2.85. The average Bonchev–Trinajstić information content (AvgIpc) is 2.52. The lowest BCUT2D eigenvalue weighted by molar-refractivity contribution is -0.386. The van der Waals surface area contributed by atoms with E-state index in [4.69, 9.17) is 9.84 Å². The largest absolute Gasteiger partial charge is 0.482 e. The van der Waals surface area contributed by atoms with Crippen LogP contribution in [0.25, 0.3) is 0 Å². The van der Waals surface area contributed by atoms with Gasteiger partial charge in [0.2, 0.25) is 0 Å². The molecule has 0 amide bonds. The van der Waals surface area contributed by atoms with E-state index in [0.29, 0.717) is 0 Å². The number of Topliss-reactive ketones (excluding diaryl/α,β-unsaturated/α-hetero) is 1. The summed E-state index contributed by atoms with van der Waals surface area (Å²) in [4.78, 5) is 32.3. The predicted molar refractivity (Wildman–Crippen MR) is 75.8 cm³/mol. The lowest BCUT2D eigenvalue weighted by Gasteiger charge is -2.07. The number of hydrogen-bond donors (Lipinski definition) is 1. The van der Waals surface area contributed by atoms with Crippen molar-refractivity contribution in [1.82, 2.24) is 0 Å². The summed E-state index contributed by atoms with van der Waals surface area (Å²) >= 11 is 0. The first-order valence-electron chi connectivity index (χ1n) is 6.22. The molecular weight excluding hydrogens is 290 g/mol. The van der Waals surface area contributed by atoms with Crippen LogP contribution in [0.5, 0.6) is 5.75 Å².